The molecule has 1 amide bonds. The minimum atomic E-state index is -3.62. The van der Waals surface area contributed by atoms with Gasteiger partial charge in [0.25, 0.3) is 5.91 Å². The van der Waals surface area contributed by atoms with Gasteiger partial charge < -0.3 is 10.1 Å². The van der Waals surface area contributed by atoms with Crippen molar-refractivity contribution in [3.8, 4) is 5.75 Å². The smallest absolute Gasteiger partial charge is 0.251 e. The summed E-state index contributed by atoms with van der Waals surface area (Å²) in [6.45, 7) is -0.0187. The first-order valence-corrected chi connectivity index (χ1v) is 10.7. The summed E-state index contributed by atoms with van der Waals surface area (Å²) in [4.78, 5) is 12.4. The number of sulfone groups is 1. The zero-order chi connectivity index (χ0) is 19.3. The number of nitrogens with one attached hydrogen (secondary N) is 1. The number of ether oxygens (including phenoxy) is 1. The average molecular weight is 402 g/mol. The van der Waals surface area contributed by atoms with Crippen molar-refractivity contribution in [3.63, 3.8) is 0 Å². The summed E-state index contributed by atoms with van der Waals surface area (Å²) >= 11 is 1.17. The highest BCUT2D eigenvalue weighted by molar-refractivity contribution is 7.93. The second kappa shape index (κ2) is 8.37. The van der Waals surface area contributed by atoms with Crippen LogP contribution in [0, 0.1) is 0 Å². The zero-order valence-electron chi connectivity index (χ0n) is 14.7. The van der Waals surface area contributed by atoms with Gasteiger partial charge >= 0.3 is 0 Å². The Morgan fingerprint density at radius 3 is 2.33 bits per heavy atom. The van der Waals surface area contributed by atoms with Crippen LogP contribution in [0.25, 0.3) is 0 Å². The molecule has 140 valence electrons. The molecular weight excluding hydrogens is 382 g/mol. The normalized spacial score (nSPS) is 12.3. The van der Waals surface area contributed by atoms with Crippen LogP contribution in [0.1, 0.15) is 21.2 Å². The van der Waals surface area contributed by atoms with Crippen LogP contribution in [0.5, 0.6) is 5.75 Å². The summed E-state index contributed by atoms with van der Waals surface area (Å²) in [5.74, 6) is 0.314. The van der Waals surface area contributed by atoms with E-state index in [9.17, 15) is 13.2 Å². The van der Waals surface area contributed by atoms with Gasteiger partial charge in [-0.05, 0) is 41.3 Å². The zero-order valence-corrected chi connectivity index (χ0v) is 16.3. The van der Waals surface area contributed by atoms with Gasteiger partial charge in [0.15, 0.2) is 9.84 Å². The van der Waals surface area contributed by atoms with Crippen LogP contribution in [0.3, 0.4) is 0 Å². The highest BCUT2D eigenvalue weighted by Crippen LogP contribution is 2.31. The Morgan fingerprint density at radius 2 is 1.74 bits per heavy atom. The molecule has 0 unspecified atom stereocenters. The van der Waals surface area contributed by atoms with Gasteiger partial charge in [0.1, 0.15) is 15.2 Å². The van der Waals surface area contributed by atoms with E-state index in [0.717, 1.165) is 0 Å². The van der Waals surface area contributed by atoms with E-state index >= 15 is 0 Å². The van der Waals surface area contributed by atoms with Crippen molar-refractivity contribution in [3.05, 3.63) is 83.2 Å². The second-order valence-electron chi connectivity index (χ2n) is 5.81. The number of hydrogen-bond donors (Lipinski definition) is 1. The summed E-state index contributed by atoms with van der Waals surface area (Å²) in [7, 11) is -2.06. The largest absolute Gasteiger partial charge is 0.497 e. The molecule has 0 saturated carbocycles. The van der Waals surface area contributed by atoms with Gasteiger partial charge in [-0.25, -0.2) is 8.42 Å². The van der Waals surface area contributed by atoms with Crippen molar-refractivity contribution in [1.82, 2.24) is 5.32 Å². The van der Waals surface area contributed by atoms with Crippen LogP contribution >= 0.6 is 11.3 Å². The van der Waals surface area contributed by atoms with Crippen LogP contribution in [-0.4, -0.2) is 28.0 Å². The number of carbonyl (C=O) groups is 1. The lowest BCUT2D eigenvalue weighted by Crippen LogP contribution is -2.31. The van der Waals surface area contributed by atoms with Gasteiger partial charge in [0.2, 0.25) is 0 Å². The minimum Gasteiger partial charge on any atom is -0.497 e. The van der Waals surface area contributed by atoms with E-state index in [2.05, 4.69) is 5.32 Å². The van der Waals surface area contributed by atoms with E-state index in [1.165, 1.54) is 11.3 Å². The predicted molar refractivity (Wildman–Crippen MR) is 106 cm³/mol. The van der Waals surface area contributed by atoms with E-state index < -0.39 is 15.1 Å². The van der Waals surface area contributed by atoms with Crippen molar-refractivity contribution in [2.75, 3.05) is 13.7 Å². The summed E-state index contributed by atoms with van der Waals surface area (Å²) in [6, 6.07) is 18.9. The number of methoxy groups -OCH3 is 1. The third-order valence-electron chi connectivity index (χ3n) is 4.12. The molecule has 0 aliphatic carbocycles. The maximum absolute atomic E-state index is 13.1. The third kappa shape index (κ3) is 4.37. The van der Waals surface area contributed by atoms with Crippen molar-refractivity contribution >= 4 is 27.1 Å². The Morgan fingerprint density at radius 1 is 1.04 bits per heavy atom. The molecule has 0 aliphatic heterocycles. The van der Waals surface area contributed by atoms with Crippen molar-refractivity contribution < 1.29 is 17.9 Å². The number of carbonyl (C=O) groups excluding carboxylic acids is 1. The van der Waals surface area contributed by atoms with Crippen LogP contribution in [0.15, 0.2) is 76.3 Å². The topological polar surface area (TPSA) is 72.5 Å². The molecule has 0 aliphatic rings. The summed E-state index contributed by atoms with van der Waals surface area (Å²) in [6.07, 6.45) is 0. The highest BCUT2D eigenvalue weighted by Gasteiger charge is 2.30. The quantitative estimate of drug-likeness (QED) is 0.655. The number of rotatable bonds is 7. The average Bonchev–Trinajstić information content (AvgIpc) is 3.24. The minimum absolute atomic E-state index is 0.0187. The number of amides is 1. The van der Waals surface area contributed by atoms with E-state index in [1.54, 1.807) is 73.2 Å². The first kappa shape index (κ1) is 19.1. The second-order valence-corrected chi connectivity index (χ2v) is 9.12. The lowest BCUT2D eigenvalue weighted by Gasteiger charge is -2.18. The molecule has 5 nitrogen and oxygen atoms in total. The fourth-order valence-electron chi connectivity index (χ4n) is 2.67. The molecule has 0 saturated heterocycles. The molecule has 7 heteroatoms. The Kier molecular flexibility index (Phi) is 5.93. The van der Waals surface area contributed by atoms with Crippen molar-refractivity contribution in [2.24, 2.45) is 0 Å². The van der Waals surface area contributed by atoms with Gasteiger partial charge in [-0.1, -0.05) is 36.4 Å². The molecular formula is C20H19NO4S2. The molecule has 1 heterocycles. The van der Waals surface area contributed by atoms with Gasteiger partial charge in [-0.15, -0.1) is 11.3 Å². The van der Waals surface area contributed by atoms with Gasteiger partial charge in [-0.3, -0.25) is 4.79 Å². The monoisotopic (exact) mass is 401 g/mol. The Bertz CT molecular complexity index is 982. The number of benzene rings is 2. The van der Waals surface area contributed by atoms with Gasteiger partial charge in [-0.2, -0.15) is 0 Å². The molecule has 0 bridgehead atoms. The van der Waals surface area contributed by atoms with E-state index in [4.69, 9.17) is 4.74 Å². The standard InChI is InChI=1S/C20H19NO4S2/c1-25-17-11-9-16(10-12-17)20(22)21-14-18(15-6-3-2-4-7-15)27(23,24)19-8-5-13-26-19/h2-13,18H,14H2,1H3,(H,21,22)/t18-/m1/s1. The van der Waals surface area contributed by atoms with Crippen LogP contribution in [0.2, 0.25) is 0 Å². The summed E-state index contributed by atoms with van der Waals surface area (Å²) < 4.78 is 31.5. The predicted octanol–water partition coefficient (Wildman–Crippen LogP) is 3.70. The molecule has 3 aromatic rings. The Hall–Kier alpha value is -2.64. The molecule has 2 aromatic carbocycles. The first-order chi connectivity index (χ1) is 13.0. The van der Waals surface area contributed by atoms with Crippen LogP contribution in [-0.2, 0) is 9.84 Å². The highest BCUT2D eigenvalue weighted by atomic mass is 32.2. The number of thiophene rings is 1. The van der Waals surface area contributed by atoms with E-state index in [-0.39, 0.29) is 16.7 Å². The van der Waals surface area contributed by atoms with Crippen molar-refractivity contribution in [2.45, 2.75) is 9.46 Å². The Labute approximate surface area is 162 Å². The number of hydrogen-bond acceptors (Lipinski definition) is 5. The molecule has 0 radical (unpaired) electrons. The molecule has 0 fully saturated rings. The Balaban J connectivity index is 1.83. The lowest BCUT2D eigenvalue weighted by atomic mass is 10.1. The molecule has 27 heavy (non-hydrogen) atoms. The maximum Gasteiger partial charge on any atom is 0.251 e. The lowest BCUT2D eigenvalue weighted by molar-refractivity contribution is 0.0953. The fourth-order valence-corrected chi connectivity index (χ4v) is 5.54. The summed E-state index contributed by atoms with van der Waals surface area (Å²) in [5.41, 5.74) is 1.08. The van der Waals surface area contributed by atoms with E-state index in [1.807, 2.05) is 6.07 Å². The van der Waals surface area contributed by atoms with Crippen LogP contribution < -0.4 is 10.1 Å². The molecule has 1 atom stereocenters. The first-order valence-electron chi connectivity index (χ1n) is 8.27. The van der Waals surface area contributed by atoms with Crippen LogP contribution in [0.4, 0.5) is 0 Å². The molecule has 1 aromatic heterocycles. The van der Waals surface area contributed by atoms with E-state index in [0.29, 0.717) is 16.9 Å². The van der Waals surface area contributed by atoms with Gasteiger partial charge in [0, 0.05) is 12.1 Å². The molecule has 0 spiro atoms. The van der Waals surface area contributed by atoms with Crippen molar-refractivity contribution in [1.29, 1.82) is 0 Å². The SMILES string of the molecule is COc1ccc(C(=O)NC[C@H](c2ccccc2)S(=O)(=O)c2cccs2)cc1. The van der Waals surface area contributed by atoms with Gasteiger partial charge in [0.05, 0.1) is 7.11 Å². The summed E-state index contributed by atoms with van der Waals surface area (Å²) in [5, 5.41) is 3.61. The maximum atomic E-state index is 13.1. The molecule has 1 N–H and O–H groups in total. The molecule has 3 rings (SSSR count). The fraction of sp³-hybridized carbons (Fsp3) is 0.150. The third-order valence-corrected chi connectivity index (χ3v) is 7.65.